The quantitative estimate of drug-likeness (QED) is 0.556. The van der Waals surface area contributed by atoms with Crippen molar-refractivity contribution in [3.8, 4) is 5.75 Å². The Labute approximate surface area is 83.1 Å². The molecule has 2 N–H and O–H groups in total. The molecule has 14 heavy (non-hydrogen) atoms. The number of para-hydroxylation sites is 1. The van der Waals surface area contributed by atoms with Crippen LogP contribution in [0.1, 0.15) is 12.5 Å². The minimum atomic E-state index is -0.286. The molecule has 0 saturated carbocycles. The molecule has 0 spiro atoms. The van der Waals surface area contributed by atoms with Crippen LogP contribution < -0.4 is 5.32 Å². The molecule has 1 aromatic rings. The molecule has 0 radical (unpaired) electrons. The van der Waals surface area contributed by atoms with Crippen LogP contribution in [0.4, 0.5) is 5.69 Å². The van der Waals surface area contributed by atoms with Crippen molar-refractivity contribution in [2.45, 2.75) is 13.8 Å². The van der Waals surface area contributed by atoms with Crippen LogP contribution in [-0.2, 0) is 4.79 Å². The van der Waals surface area contributed by atoms with Gasteiger partial charge in [-0.05, 0) is 25.5 Å². The van der Waals surface area contributed by atoms with Crippen molar-refractivity contribution < 1.29 is 9.90 Å². The molecule has 0 saturated heterocycles. The second-order valence-corrected chi connectivity index (χ2v) is 3.21. The number of amides is 1. The number of phenolic OH excluding ortho intramolecular Hbond substituents is 1. The van der Waals surface area contributed by atoms with Gasteiger partial charge in [-0.3, -0.25) is 4.79 Å². The molecule has 0 bridgehead atoms. The number of benzene rings is 1. The Hall–Kier alpha value is -1.77. The summed E-state index contributed by atoms with van der Waals surface area (Å²) in [4.78, 5) is 11.3. The summed E-state index contributed by atoms with van der Waals surface area (Å²) in [6.45, 7) is 6.89. The predicted octanol–water partition coefficient (Wildman–Crippen LogP) is 2.22. The lowest BCUT2D eigenvalue weighted by Crippen LogP contribution is -2.11. The molecular weight excluding hydrogens is 178 g/mol. The largest absolute Gasteiger partial charge is 0.505 e. The molecule has 0 atom stereocenters. The monoisotopic (exact) mass is 191 g/mol. The van der Waals surface area contributed by atoms with Gasteiger partial charge >= 0.3 is 0 Å². The van der Waals surface area contributed by atoms with Gasteiger partial charge in [0, 0.05) is 5.57 Å². The number of hydrogen-bond acceptors (Lipinski definition) is 2. The Kier molecular flexibility index (Phi) is 2.92. The highest BCUT2D eigenvalue weighted by molar-refractivity contribution is 6.03. The number of anilines is 1. The summed E-state index contributed by atoms with van der Waals surface area (Å²) >= 11 is 0. The molecule has 3 heteroatoms. The van der Waals surface area contributed by atoms with Gasteiger partial charge in [0.1, 0.15) is 5.75 Å². The lowest BCUT2D eigenvalue weighted by atomic mass is 10.2. The van der Waals surface area contributed by atoms with Gasteiger partial charge < -0.3 is 10.4 Å². The van der Waals surface area contributed by atoms with Gasteiger partial charge in [0.15, 0.2) is 0 Å². The molecule has 0 fully saturated rings. The van der Waals surface area contributed by atoms with Crippen LogP contribution in [0.25, 0.3) is 0 Å². The van der Waals surface area contributed by atoms with E-state index in [-0.39, 0.29) is 11.7 Å². The number of aromatic hydroxyl groups is 1. The van der Waals surface area contributed by atoms with E-state index in [4.69, 9.17) is 0 Å². The summed E-state index contributed by atoms with van der Waals surface area (Å²) in [5.41, 5.74) is 1.55. The number of carbonyl (C=O) groups is 1. The van der Waals surface area contributed by atoms with E-state index < -0.39 is 0 Å². The Morgan fingerprint density at radius 3 is 2.71 bits per heavy atom. The molecule has 0 heterocycles. The fraction of sp³-hybridized carbons (Fsp3) is 0.182. The summed E-state index contributed by atoms with van der Waals surface area (Å²) in [7, 11) is 0. The maximum absolute atomic E-state index is 11.3. The van der Waals surface area contributed by atoms with Crippen LogP contribution in [0.2, 0.25) is 0 Å². The van der Waals surface area contributed by atoms with Crippen LogP contribution in [0.5, 0.6) is 5.75 Å². The van der Waals surface area contributed by atoms with E-state index >= 15 is 0 Å². The van der Waals surface area contributed by atoms with E-state index in [0.29, 0.717) is 11.3 Å². The molecule has 1 rings (SSSR count). The first-order valence-electron chi connectivity index (χ1n) is 4.28. The predicted molar refractivity (Wildman–Crippen MR) is 56.3 cm³/mol. The van der Waals surface area contributed by atoms with Crippen molar-refractivity contribution in [1.29, 1.82) is 0 Å². The summed E-state index contributed by atoms with van der Waals surface area (Å²) in [6.07, 6.45) is 0. The molecular formula is C11H13NO2. The number of hydrogen-bond donors (Lipinski definition) is 2. The highest BCUT2D eigenvalue weighted by atomic mass is 16.3. The second-order valence-electron chi connectivity index (χ2n) is 3.21. The highest BCUT2D eigenvalue weighted by Gasteiger charge is 2.07. The smallest absolute Gasteiger partial charge is 0.250 e. The topological polar surface area (TPSA) is 49.3 Å². The normalized spacial score (nSPS) is 9.57. The first kappa shape index (κ1) is 10.3. The molecule has 0 aliphatic heterocycles. The minimum absolute atomic E-state index is 0.0992. The number of rotatable bonds is 2. The molecule has 1 aromatic carbocycles. The molecule has 0 unspecified atom stereocenters. The fourth-order valence-electron chi connectivity index (χ4n) is 0.989. The van der Waals surface area contributed by atoms with Crippen LogP contribution >= 0.6 is 0 Å². The summed E-state index contributed by atoms with van der Waals surface area (Å²) < 4.78 is 0. The summed E-state index contributed by atoms with van der Waals surface area (Å²) in [5.74, 6) is -0.187. The van der Waals surface area contributed by atoms with Crippen molar-refractivity contribution in [3.63, 3.8) is 0 Å². The molecule has 0 aromatic heterocycles. The van der Waals surface area contributed by atoms with Crippen LogP contribution in [0.15, 0.2) is 30.4 Å². The van der Waals surface area contributed by atoms with E-state index in [9.17, 15) is 9.90 Å². The Balaban J connectivity index is 2.93. The zero-order chi connectivity index (χ0) is 10.7. The maximum atomic E-state index is 11.3. The highest BCUT2D eigenvalue weighted by Crippen LogP contribution is 2.26. The van der Waals surface area contributed by atoms with Crippen LogP contribution in [0.3, 0.4) is 0 Å². The molecule has 3 nitrogen and oxygen atoms in total. The lowest BCUT2D eigenvalue weighted by Gasteiger charge is -2.08. The number of nitrogens with one attached hydrogen (secondary N) is 1. The standard InChI is InChI=1S/C11H13NO2/c1-7(2)11(14)12-9-6-4-5-8(3)10(9)13/h4-6,13H,1H2,2-3H3,(H,12,14). The van der Waals surface area contributed by atoms with Gasteiger partial charge in [-0.2, -0.15) is 0 Å². The van der Waals surface area contributed by atoms with Gasteiger partial charge in [-0.1, -0.05) is 18.7 Å². The molecule has 0 aliphatic carbocycles. The lowest BCUT2D eigenvalue weighted by molar-refractivity contribution is -0.112. The molecule has 74 valence electrons. The average Bonchev–Trinajstić information content (AvgIpc) is 2.12. The Morgan fingerprint density at radius 2 is 2.14 bits per heavy atom. The Morgan fingerprint density at radius 1 is 1.50 bits per heavy atom. The first-order valence-corrected chi connectivity index (χ1v) is 4.28. The third-order valence-corrected chi connectivity index (χ3v) is 1.87. The van der Waals surface area contributed by atoms with Gasteiger partial charge in [-0.15, -0.1) is 0 Å². The third kappa shape index (κ3) is 2.13. The van der Waals surface area contributed by atoms with E-state index in [1.165, 1.54) is 0 Å². The van der Waals surface area contributed by atoms with E-state index in [1.807, 2.05) is 0 Å². The van der Waals surface area contributed by atoms with Crippen molar-refractivity contribution in [1.82, 2.24) is 0 Å². The van der Waals surface area contributed by atoms with Crippen molar-refractivity contribution in [2.24, 2.45) is 0 Å². The zero-order valence-electron chi connectivity index (χ0n) is 8.29. The minimum Gasteiger partial charge on any atom is -0.505 e. The summed E-state index contributed by atoms with van der Waals surface area (Å²) in [5, 5.41) is 12.1. The van der Waals surface area contributed by atoms with Gasteiger partial charge in [-0.25, -0.2) is 0 Å². The van der Waals surface area contributed by atoms with Gasteiger partial charge in [0.2, 0.25) is 0 Å². The number of carbonyl (C=O) groups excluding carboxylic acids is 1. The van der Waals surface area contributed by atoms with E-state index in [0.717, 1.165) is 5.56 Å². The van der Waals surface area contributed by atoms with E-state index in [1.54, 1.807) is 32.0 Å². The van der Waals surface area contributed by atoms with Gasteiger partial charge in [0.05, 0.1) is 5.69 Å². The second kappa shape index (κ2) is 3.96. The molecule has 0 aliphatic rings. The maximum Gasteiger partial charge on any atom is 0.250 e. The zero-order valence-corrected chi connectivity index (χ0v) is 8.29. The SMILES string of the molecule is C=C(C)C(=O)Nc1cccc(C)c1O. The average molecular weight is 191 g/mol. The van der Waals surface area contributed by atoms with Gasteiger partial charge in [0.25, 0.3) is 5.91 Å². The fourth-order valence-corrected chi connectivity index (χ4v) is 0.989. The van der Waals surface area contributed by atoms with E-state index in [2.05, 4.69) is 11.9 Å². The number of phenols is 1. The first-order chi connectivity index (χ1) is 6.52. The van der Waals surface area contributed by atoms with Crippen molar-refractivity contribution in [2.75, 3.05) is 5.32 Å². The summed E-state index contributed by atoms with van der Waals surface area (Å²) in [6, 6.07) is 5.18. The van der Waals surface area contributed by atoms with Crippen LogP contribution in [-0.4, -0.2) is 11.0 Å². The third-order valence-electron chi connectivity index (χ3n) is 1.87. The number of aryl methyl sites for hydroxylation is 1. The Bertz CT molecular complexity index is 383. The molecule has 1 amide bonds. The van der Waals surface area contributed by atoms with Crippen LogP contribution in [0, 0.1) is 6.92 Å². The van der Waals surface area contributed by atoms with Crippen molar-refractivity contribution >= 4 is 11.6 Å². The van der Waals surface area contributed by atoms with Crippen molar-refractivity contribution in [3.05, 3.63) is 35.9 Å².